The molecule has 0 aromatic rings. The molecule has 2 N–H and O–H groups in total. The summed E-state index contributed by atoms with van der Waals surface area (Å²) in [4.78, 5) is 2.26. The van der Waals surface area contributed by atoms with Crippen LogP contribution in [-0.4, -0.2) is 30.6 Å². The molecule has 10 heavy (non-hydrogen) atoms. The van der Waals surface area contributed by atoms with Crippen LogP contribution in [0.5, 0.6) is 0 Å². The van der Waals surface area contributed by atoms with Crippen molar-refractivity contribution in [1.29, 1.82) is 0 Å². The van der Waals surface area contributed by atoms with E-state index in [1.807, 2.05) is 13.8 Å². The summed E-state index contributed by atoms with van der Waals surface area (Å²) < 4.78 is 0. The van der Waals surface area contributed by atoms with Crippen molar-refractivity contribution >= 4 is 0 Å². The first-order valence-corrected chi connectivity index (χ1v) is 4.08. The average molecular weight is 144 g/mol. The Morgan fingerprint density at radius 1 is 1.40 bits per heavy atom. The van der Waals surface area contributed by atoms with Gasteiger partial charge in [0.25, 0.3) is 0 Å². The molecule has 0 spiro atoms. The summed E-state index contributed by atoms with van der Waals surface area (Å²) in [5.74, 6) is 0. The Labute approximate surface area is 64.4 Å². The van der Waals surface area contributed by atoms with Gasteiger partial charge in [0.2, 0.25) is 0 Å². The zero-order chi connectivity index (χ0) is 8.20. The molecule has 1 aliphatic rings. The van der Waals surface area contributed by atoms with Gasteiger partial charge < -0.3 is 10.6 Å². The van der Waals surface area contributed by atoms with Crippen LogP contribution >= 0.6 is 0 Å². The Morgan fingerprint density at radius 2 is 1.90 bits per heavy atom. The van der Waals surface area contributed by atoms with Crippen LogP contribution in [0, 0.1) is 0 Å². The Kier molecular flexibility index (Phi) is 3.91. The Bertz CT molecular complexity index is 89.3. The second-order valence-electron chi connectivity index (χ2n) is 3.14. The van der Waals surface area contributed by atoms with E-state index in [0.29, 0.717) is 0 Å². The first-order chi connectivity index (χ1) is 4.60. The van der Waals surface area contributed by atoms with Crippen LogP contribution in [0.25, 0.3) is 0 Å². The van der Waals surface area contributed by atoms with E-state index in [4.69, 9.17) is 5.73 Å². The molecule has 0 aromatic heterocycles. The fourth-order valence-electron chi connectivity index (χ4n) is 1.22. The minimum Gasteiger partial charge on any atom is -0.324 e. The molecule has 1 aliphatic heterocycles. The van der Waals surface area contributed by atoms with Crippen molar-refractivity contribution in [2.24, 2.45) is 5.73 Å². The summed E-state index contributed by atoms with van der Waals surface area (Å²) in [5, 5.41) is 0. The first-order valence-electron chi connectivity index (χ1n) is 4.08. The summed E-state index contributed by atoms with van der Waals surface area (Å²) >= 11 is 0. The van der Waals surface area contributed by atoms with Crippen molar-refractivity contribution in [2.75, 3.05) is 20.1 Å². The van der Waals surface area contributed by atoms with Crippen molar-refractivity contribution in [3.8, 4) is 0 Å². The fourth-order valence-corrected chi connectivity index (χ4v) is 1.22. The number of hydrogen-bond acceptors (Lipinski definition) is 2. The molecule has 1 saturated heterocycles. The third-order valence-electron chi connectivity index (χ3n) is 1.70. The quantitative estimate of drug-likeness (QED) is 0.551. The van der Waals surface area contributed by atoms with Crippen molar-refractivity contribution < 1.29 is 0 Å². The maximum atomic E-state index is 5.83. The highest BCUT2D eigenvalue weighted by Gasteiger charge is 2.26. The highest BCUT2D eigenvalue weighted by molar-refractivity contribution is 4.88. The monoisotopic (exact) mass is 144 g/mol. The SMILES string of the molecule is CC.CN1CC[C@](C)(N)C1. The van der Waals surface area contributed by atoms with E-state index in [-0.39, 0.29) is 5.54 Å². The summed E-state index contributed by atoms with van der Waals surface area (Å²) in [7, 11) is 2.11. The third-order valence-corrected chi connectivity index (χ3v) is 1.70. The maximum absolute atomic E-state index is 5.83. The van der Waals surface area contributed by atoms with Crippen LogP contribution in [0.4, 0.5) is 0 Å². The van der Waals surface area contributed by atoms with Gasteiger partial charge in [0.1, 0.15) is 0 Å². The zero-order valence-electron chi connectivity index (χ0n) is 7.65. The van der Waals surface area contributed by atoms with Crippen molar-refractivity contribution in [3.63, 3.8) is 0 Å². The van der Waals surface area contributed by atoms with Gasteiger partial charge in [-0.05, 0) is 26.9 Å². The van der Waals surface area contributed by atoms with Gasteiger partial charge in [0.05, 0.1) is 0 Å². The van der Waals surface area contributed by atoms with Gasteiger partial charge in [-0.1, -0.05) is 13.8 Å². The third kappa shape index (κ3) is 3.18. The zero-order valence-corrected chi connectivity index (χ0v) is 7.65. The predicted molar refractivity (Wildman–Crippen MR) is 46.1 cm³/mol. The minimum atomic E-state index is 0.0920. The lowest BCUT2D eigenvalue weighted by molar-refractivity contribution is 0.382. The molecule has 0 bridgehead atoms. The van der Waals surface area contributed by atoms with Gasteiger partial charge in [0.15, 0.2) is 0 Å². The van der Waals surface area contributed by atoms with Crippen LogP contribution < -0.4 is 5.73 Å². The van der Waals surface area contributed by atoms with Crippen molar-refractivity contribution in [3.05, 3.63) is 0 Å². The number of likely N-dealkylation sites (tertiary alicyclic amines) is 1. The molecule has 0 radical (unpaired) electrons. The van der Waals surface area contributed by atoms with E-state index in [1.54, 1.807) is 0 Å². The highest BCUT2D eigenvalue weighted by Crippen LogP contribution is 2.14. The Balaban J connectivity index is 0.000000371. The molecule has 2 nitrogen and oxygen atoms in total. The number of likely N-dealkylation sites (N-methyl/N-ethyl adjacent to an activating group) is 1. The number of hydrogen-bond donors (Lipinski definition) is 1. The number of nitrogens with zero attached hydrogens (tertiary/aromatic N) is 1. The molecular formula is C8H20N2. The van der Waals surface area contributed by atoms with Crippen LogP contribution in [-0.2, 0) is 0 Å². The lowest BCUT2D eigenvalue weighted by Crippen LogP contribution is -2.38. The summed E-state index contributed by atoms with van der Waals surface area (Å²) in [5.41, 5.74) is 5.92. The van der Waals surface area contributed by atoms with Gasteiger partial charge in [-0.2, -0.15) is 0 Å². The van der Waals surface area contributed by atoms with Gasteiger partial charge >= 0.3 is 0 Å². The van der Waals surface area contributed by atoms with Gasteiger partial charge in [-0.25, -0.2) is 0 Å². The summed E-state index contributed by atoms with van der Waals surface area (Å²) in [6.07, 6.45) is 1.14. The molecule has 1 fully saturated rings. The largest absolute Gasteiger partial charge is 0.324 e. The normalized spacial score (nSPS) is 33.3. The van der Waals surface area contributed by atoms with Gasteiger partial charge in [-0.15, -0.1) is 0 Å². The van der Waals surface area contributed by atoms with E-state index < -0.39 is 0 Å². The minimum absolute atomic E-state index is 0.0920. The van der Waals surface area contributed by atoms with Gasteiger partial charge in [-0.3, -0.25) is 0 Å². The van der Waals surface area contributed by atoms with Crippen LogP contribution in [0.2, 0.25) is 0 Å². The summed E-state index contributed by atoms with van der Waals surface area (Å²) in [6, 6.07) is 0. The molecule has 1 rings (SSSR count). The number of nitrogens with two attached hydrogens (primary N) is 1. The summed E-state index contributed by atoms with van der Waals surface area (Å²) in [6.45, 7) is 8.32. The van der Waals surface area contributed by atoms with E-state index in [1.165, 1.54) is 0 Å². The maximum Gasteiger partial charge on any atom is 0.0266 e. The highest BCUT2D eigenvalue weighted by atomic mass is 15.1. The van der Waals surface area contributed by atoms with Crippen molar-refractivity contribution in [2.45, 2.75) is 32.7 Å². The van der Waals surface area contributed by atoms with E-state index in [9.17, 15) is 0 Å². The first kappa shape index (κ1) is 9.92. The molecule has 0 aromatic carbocycles. The molecule has 62 valence electrons. The van der Waals surface area contributed by atoms with Crippen LogP contribution in [0.3, 0.4) is 0 Å². The molecule has 1 heterocycles. The lowest BCUT2D eigenvalue weighted by Gasteiger charge is -2.15. The molecule has 0 aliphatic carbocycles. The van der Waals surface area contributed by atoms with E-state index >= 15 is 0 Å². The smallest absolute Gasteiger partial charge is 0.0266 e. The van der Waals surface area contributed by atoms with E-state index in [0.717, 1.165) is 19.5 Å². The molecule has 0 amide bonds. The molecule has 1 atom stereocenters. The van der Waals surface area contributed by atoms with Crippen LogP contribution in [0.15, 0.2) is 0 Å². The Hall–Kier alpha value is -0.0800. The molecular weight excluding hydrogens is 124 g/mol. The van der Waals surface area contributed by atoms with E-state index in [2.05, 4.69) is 18.9 Å². The lowest BCUT2D eigenvalue weighted by atomic mass is 10.0. The number of rotatable bonds is 0. The Morgan fingerprint density at radius 3 is 2.00 bits per heavy atom. The second kappa shape index (κ2) is 3.94. The second-order valence-corrected chi connectivity index (χ2v) is 3.14. The fraction of sp³-hybridized carbons (Fsp3) is 1.00. The molecule has 2 heteroatoms. The van der Waals surface area contributed by atoms with Crippen LogP contribution in [0.1, 0.15) is 27.2 Å². The molecule has 0 unspecified atom stereocenters. The predicted octanol–water partition coefficient (Wildman–Crippen LogP) is 1.07. The standard InChI is InChI=1S/C6H14N2.C2H6/c1-6(7)3-4-8(2)5-6;1-2/h3-5,7H2,1-2H3;1-2H3/t6-;/m0./s1. The molecule has 0 saturated carbocycles. The van der Waals surface area contributed by atoms with Gasteiger partial charge in [0, 0.05) is 12.1 Å². The topological polar surface area (TPSA) is 29.3 Å². The van der Waals surface area contributed by atoms with Crippen molar-refractivity contribution in [1.82, 2.24) is 4.90 Å². The average Bonchev–Trinajstić information content (AvgIpc) is 2.15.